The molecular weight excluding hydrogens is 456 g/mol. The van der Waals surface area contributed by atoms with Gasteiger partial charge in [-0.25, -0.2) is 0 Å². The van der Waals surface area contributed by atoms with Crippen molar-refractivity contribution in [3.63, 3.8) is 0 Å². The molecule has 0 spiro atoms. The van der Waals surface area contributed by atoms with Gasteiger partial charge in [0, 0.05) is 57.8 Å². The molecule has 4 rings (SSSR count). The monoisotopic (exact) mass is 494 g/mol. The van der Waals surface area contributed by atoms with Crippen LogP contribution in [-0.2, 0) is 20.8 Å². The zero-order valence-corrected chi connectivity index (χ0v) is 21.3. The average molecular weight is 495 g/mol. The summed E-state index contributed by atoms with van der Waals surface area (Å²) in [5, 5.41) is 9.48. The Balaban J connectivity index is 1.50. The van der Waals surface area contributed by atoms with Gasteiger partial charge in [0.25, 0.3) is 5.91 Å². The fourth-order valence-electron chi connectivity index (χ4n) is 5.07. The van der Waals surface area contributed by atoms with Crippen LogP contribution in [0.5, 0.6) is 5.75 Å². The minimum absolute atomic E-state index is 0.00948. The van der Waals surface area contributed by atoms with Gasteiger partial charge in [-0.05, 0) is 49.1 Å². The third-order valence-electron chi connectivity index (χ3n) is 7.03. The first-order valence-electron chi connectivity index (χ1n) is 12.9. The third kappa shape index (κ3) is 6.46. The van der Waals surface area contributed by atoms with Crippen molar-refractivity contribution in [1.29, 1.82) is 0 Å². The lowest BCUT2D eigenvalue weighted by Crippen LogP contribution is -2.49. The smallest absolute Gasteiger partial charge is 0.288 e. The van der Waals surface area contributed by atoms with Crippen molar-refractivity contribution in [3.05, 3.63) is 77.6 Å². The van der Waals surface area contributed by atoms with E-state index >= 15 is 0 Å². The molecule has 1 amide bonds. The second-order valence-corrected chi connectivity index (χ2v) is 9.36. The summed E-state index contributed by atoms with van der Waals surface area (Å²) in [7, 11) is 1.65. The molecule has 1 saturated heterocycles. The molecule has 0 radical (unpaired) electrons. The van der Waals surface area contributed by atoms with Gasteiger partial charge in [0.1, 0.15) is 5.75 Å². The van der Waals surface area contributed by atoms with Crippen LogP contribution in [0.3, 0.4) is 0 Å². The topological polar surface area (TPSA) is 71.5 Å². The quantitative estimate of drug-likeness (QED) is 0.542. The van der Waals surface area contributed by atoms with Crippen LogP contribution in [0.1, 0.15) is 36.8 Å². The summed E-state index contributed by atoms with van der Waals surface area (Å²) >= 11 is 0. The Bertz CT molecular complexity index is 986. The minimum atomic E-state index is -0.544. The largest absolute Gasteiger partial charge is 0.497 e. The van der Waals surface area contributed by atoms with Gasteiger partial charge in [0.2, 0.25) is 6.29 Å². The number of aliphatic hydroxyl groups is 1. The molecule has 0 aliphatic carbocycles. The Kier molecular flexibility index (Phi) is 9.39. The first kappa shape index (κ1) is 26.2. The molecule has 1 fully saturated rings. The second-order valence-electron chi connectivity index (χ2n) is 9.36. The first-order valence-corrected chi connectivity index (χ1v) is 12.9. The van der Waals surface area contributed by atoms with E-state index in [-0.39, 0.29) is 24.3 Å². The number of nitrogens with zero attached hydrogens (tertiary/aromatic N) is 2. The summed E-state index contributed by atoms with van der Waals surface area (Å²) in [6.07, 6.45) is 2.79. The highest BCUT2D eigenvalue weighted by molar-refractivity contribution is 5.92. The van der Waals surface area contributed by atoms with Crippen LogP contribution in [0.25, 0.3) is 0 Å². The van der Waals surface area contributed by atoms with Crippen molar-refractivity contribution in [1.82, 2.24) is 9.80 Å². The van der Waals surface area contributed by atoms with Crippen LogP contribution >= 0.6 is 0 Å². The number of amides is 1. The number of allylic oxidation sites excluding steroid dienone is 1. The van der Waals surface area contributed by atoms with E-state index in [2.05, 4.69) is 29.2 Å². The van der Waals surface area contributed by atoms with Crippen molar-refractivity contribution in [2.45, 2.75) is 38.5 Å². The molecule has 0 unspecified atom stereocenters. The van der Waals surface area contributed by atoms with Gasteiger partial charge in [-0.3, -0.25) is 9.69 Å². The highest BCUT2D eigenvalue weighted by Crippen LogP contribution is 2.40. The molecule has 36 heavy (non-hydrogen) atoms. The number of carbonyl (C=O) groups is 1. The number of ether oxygens (including phenoxy) is 3. The molecule has 2 aliphatic heterocycles. The van der Waals surface area contributed by atoms with E-state index in [1.165, 1.54) is 5.56 Å². The van der Waals surface area contributed by atoms with Gasteiger partial charge < -0.3 is 24.2 Å². The molecular formula is C29H38N2O5. The van der Waals surface area contributed by atoms with Crippen LogP contribution in [0.15, 0.2) is 66.4 Å². The highest BCUT2D eigenvalue weighted by atomic mass is 16.7. The van der Waals surface area contributed by atoms with Gasteiger partial charge in [0.05, 0.1) is 7.11 Å². The van der Waals surface area contributed by atoms with Crippen LogP contribution in [0.2, 0.25) is 0 Å². The number of aliphatic hydroxyl groups excluding tert-OH is 1. The summed E-state index contributed by atoms with van der Waals surface area (Å²) in [6, 6.07) is 18.4. The molecule has 0 aromatic heterocycles. The SMILES string of the molecule is CCO[C@@H]1OC(C(=O)N2CCN(Cc3ccccc3)CC2)=C[C@H](c2ccc(OC)cc2)[C@H]1CCCO. The fraction of sp³-hybridized carbons (Fsp3) is 0.483. The van der Waals surface area contributed by atoms with Crippen molar-refractivity contribution in [3.8, 4) is 5.75 Å². The van der Waals surface area contributed by atoms with Gasteiger partial charge in [-0.15, -0.1) is 0 Å². The predicted octanol–water partition coefficient (Wildman–Crippen LogP) is 3.79. The number of piperazine rings is 1. The first-order chi connectivity index (χ1) is 17.6. The normalized spacial score (nSPS) is 22.6. The zero-order chi connectivity index (χ0) is 25.3. The lowest BCUT2D eigenvalue weighted by atomic mass is 9.80. The van der Waals surface area contributed by atoms with E-state index in [1.54, 1.807) is 7.11 Å². The summed E-state index contributed by atoms with van der Waals surface area (Å²) in [6.45, 7) is 6.37. The van der Waals surface area contributed by atoms with Gasteiger partial charge in [0.15, 0.2) is 5.76 Å². The highest BCUT2D eigenvalue weighted by Gasteiger charge is 2.39. The van der Waals surface area contributed by atoms with Crippen molar-refractivity contribution >= 4 is 5.91 Å². The molecule has 2 aromatic carbocycles. The molecule has 7 nitrogen and oxygen atoms in total. The summed E-state index contributed by atoms with van der Waals surface area (Å²) in [5.74, 6) is 0.979. The molecule has 1 N–H and O–H groups in total. The van der Waals surface area contributed by atoms with Crippen molar-refractivity contribution in [2.75, 3.05) is 46.5 Å². The van der Waals surface area contributed by atoms with Crippen molar-refractivity contribution in [2.24, 2.45) is 5.92 Å². The summed E-state index contributed by atoms with van der Waals surface area (Å²) in [5.41, 5.74) is 2.36. The maximum absolute atomic E-state index is 13.6. The van der Waals surface area contributed by atoms with E-state index in [0.717, 1.165) is 37.4 Å². The van der Waals surface area contributed by atoms with Crippen molar-refractivity contribution < 1.29 is 24.1 Å². The summed E-state index contributed by atoms with van der Waals surface area (Å²) < 4.78 is 17.5. The Morgan fingerprint density at radius 1 is 1.06 bits per heavy atom. The number of hydrogen-bond donors (Lipinski definition) is 1. The molecule has 2 heterocycles. The zero-order valence-electron chi connectivity index (χ0n) is 21.3. The number of rotatable bonds is 10. The van der Waals surface area contributed by atoms with E-state index in [1.807, 2.05) is 48.2 Å². The predicted molar refractivity (Wildman–Crippen MR) is 138 cm³/mol. The molecule has 7 heteroatoms. The molecule has 2 aliphatic rings. The van der Waals surface area contributed by atoms with Gasteiger partial charge >= 0.3 is 0 Å². The number of methoxy groups -OCH3 is 1. The number of hydrogen-bond acceptors (Lipinski definition) is 6. The fourth-order valence-corrected chi connectivity index (χ4v) is 5.07. The van der Waals surface area contributed by atoms with Gasteiger partial charge in [-0.1, -0.05) is 42.5 Å². The summed E-state index contributed by atoms with van der Waals surface area (Å²) in [4.78, 5) is 17.8. The molecule has 2 aromatic rings. The third-order valence-corrected chi connectivity index (χ3v) is 7.03. The maximum Gasteiger partial charge on any atom is 0.288 e. The standard InChI is InChI=1S/C29H38N2O5/c1-3-35-29-25(10-7-19-32)26(23-11-13-24(34-2)14-12-23)20-27(36-29)28(33)31-17-15-30(16-18-31)21-22-8-5-4-6-9-22/h4-6,8-9,11-14,20,25-26,29,32H,3,7,10,15-19,21H2,1-2H3/t25-,26-,29-/m1/s1. The molecule has 0 bridgehead atoms. The van der Waals surface area contributed by atoms with Crippen LogP contribution in [0.4, 0.5) is 0 Å². The lowest BCUT2D eigenvalue weighted by Gasteiger charge is -2.39. The Hall–Kier alpha value is -2.87. The number of benzene rings is 2. The Labute approximate surface area is 214 Å². The second kappa shape index (κ2) is 12.9. The Morgan fingerprint density at radius 2 is 1.78 bits per heavy atom. The molecule has 3 atom stereocenters. The minimum Gasteiger partial charge on any atom is -0.497 e. The maximum atomic E-state index is 13.6. The number of carbonyl (C=O) groups excluding carboxylic acids is 1. The van der Waals surface area contributed by atoms with Crippen LogP contribution in [0, 0.1) is 5.92 Å². The average Bonchev–Trinajstić information content (AvgIpc) is 2.93. The van der Waals surface area contributed by atoms with Crippen LogP contribution in [-0.4, -0.2) is 73.6 Å². The van der Waals surface area contributed by atoms with Crippen LogP contribution < -0.4 is 4.74 Å². The lowest BCUT2D eigenvalue weighted by molar-refractivity contribution is -0.171. The van der Waals surface area contributed by atoms with E-state index in [9.17, 15) is 9.90 Å². The van der Waals surface area contributed by atoms with E-state index in [4.69, 9.17) is 14.2 Å². The Morgan fingerprint density at radius 3 is 2.42 bits per heavy atom. The molecule has 0 saturated carbocycles. The van der Waals surface area contributed by atoms with Gasteiger partial charge in [-0.2, -0.15) is 0 Å². The van der Waals surface area contributed by atoms with E-state index in [0.29, 0.717) is 31.9 Å². The molecule has 194 valence electrons. The van der Waals surface area contributed by atoms with E-state index < -0.39 is 6.29 Å².